The number of nitrogens with zero attached hydrogens (tertiary/aromatic N) is 4. The molecule has 30 heavy (non-hydrogen) atoms. The van der Waals surface area contributed by atoms with Gasteiger partial charge in [0.25, 0.3) is 0 Å². The molecule has 1 aromatic heterocycles. The Hall–Kier alpha value is -2.55. The maximum atomic E-state index is 12.6. The van der Waals surface area contributed by atoms with Crippen molar-refractivity contribution in [3.63, 3.8) is 0 Å². The van der Waals surface area contributed by atoms with Crippen molar-refractivity contribution in [3.8, 4) is 0 Å². The molecule has 1 N–H and O–H groups in total. The Bertz CT molecular complexity index is 732. The first-order chi connectivity index (χ1) is 14.5. The Kier molecular flexibility index (Phi) is 6.26. The third-order valence-electron chi connectivity index (χ3n) is 6.57. The van der Waals surface area contributed by atoms with Gasteiger partial charge in [0.2, 0.25) is 0 Å². The van der Waals surface area contributed by atoms with Gasteiger partial charge in [-0.25, -0.2) is 9.59 Å². The van der Waals surface area contributed by atoms with Crippen molar-refractivity contribution in [1.29, 1.82) is 0 Å². The van der Waals surface area contributed by atoms with Crippen LogP contribution in [0.5, 0.6) is 0 Å². The van der Waals surface area contributed by atoms with Crippen LogP contribution in [-0.4, -0.2) is 89.2 Å². The fourth-order valence-corrected chi connectivity index (χ4v) is 4.87. The van der Waals surface area contributed by atoms with Gasteiger partial charge in [-0.05, 0) is 44.7 Å². The number of anilines is 1. The van der Waals surface area contributed by atoms with E-state index >= 15 is 0 Å². The average molecular weight is 418 g/mol. The Balaban J connectivity index is 1.27. The summed E-state index contributed by atoms with van der Waals surface area (Å²) >= 11 is 0. The first-order valence-corrected chi connectivity index (χ1v) is 10.8. The third kappa shape index (κ3) is 4.61. The van der Waals surface area contributed by atoms with Crippen LogP contribution in [0.1, 0.15) is 32.6 Å². The van der Waals surface area contributed by atoms with Gasteiger partial charge in [0.1, 0.15) is 12.2 Å². The summed E-state index contributed by atoms with van der Waals surface area (Å²) in [6.07, 6.45) is 5.01. The Labute approximate surface area is 176 Å². The van der Waals surface area contributed by atoms with E-state index in [9.17, 15) is 9.59 Å². The van der Waals surface area contributed by atoms with Crippen LogP contribution in [-0.2, 0) is 9.47 Å². The van der Waals surface area contributed by atoms with Crippen molar-refractivity contribution in [2.45, 2.75) is 56.9 Å². The predicted molar refractivity (Wildman–Crippen MR) is 110 cm³/mol. The molecule has 0 aliphatic carbocycles. The number of carbonyl (C=O) groups is 2. The standard InChI is InChI=1S/C21H30N4O5/c1-15-19(14-23-10-6-18(7-11-23)29-21(27)28)30-20(26)25(15)17-4-12-24(13-5-17)16-2-8-22-9-3-16/h2-3,8-9,15,17-19H,4-7,10-14H2,1H3,(H,27,28). The van der Waals surface area contributed by atoms with Gasteiger partial charge in [-0.1, -0.05) is 0 Å². The molecule has 2 unspecified atom stereocenters. The fraction of sp³-hybridized carbons (Fsp3) is 0.667. The second kappa shape index (κ2) is 9.07. The maximum absolute atomic E-state index is 12.6. The number of amides is 1. The van der Waals surface area contributed by atoms with Crippen LogP contribution in [0.15, 0.2) is 24.5 Å². The quantitative estimate of drug-likeness (QED) is 0.729. The van der Waals surface area contributed by atoms with Crippen LogP contribution in [0.3, 0.4) is 0 Å². The normalized spacial score (nSPS) is 26.6. The van der Waals surface area contributed by atoms with Gasteiger partial charge in [0, 0.05) is 56.8 Å². The van der Waals surface area contributed by atoms with E-state index in [1.807, 2.05) is 29.4 Å². The van der Waals surface area contributed by atoms with Crippen LogP contribution >= 0.6 is 0 Å². The lowest BCUT2D eigenvalue weighted by molar-refractivity contribution is 0.0106. The number of hydrogen-bond donors (Lipinski definition) is 1. The van der Waals surface area contributed by atoms with Crippen molar-refractivity contribution in [3.05, 3.63) is 24.5 Å². The van der Waals surface area contributed by atoms with Gasteiger partial charge >= 0.3 is 12.2 Å². The molecule has 1 aromatic rings. The first-order valence-electron chi connectivity index (χ1n) is 10.8. The summed E-state index contributed by atoms with van der Waals surface area (Å²) in [5.41, 5.74) is 1.17. The number of likely N-dealkylation sites (tertiary alicyclic amines) is 1. The Morgan fingerprint density at radius 1 is 1.17 bits per heavy atom. The molecule has 3 aliphatic rings. The minimum atomic E-state index is -1.21. The minimum absolute atomic E-state index is 0.0305. The van der Waals surface area contributed by atoms with Gasteiger partial charge in [0.15, 0.2) is 0 Å². The van der Waals surface area contributed by atoms with Crippen molar-refractivity contribution in [2.24, 2.45) is 0 Å². The molecule has 1 amide bonds. The zero-order chi connectivity index (χ0) is 21.1. The lowest BCUT2D eigenvalue weighted by atomic mass is 10.00. The summed E-state index contributed by atoms with van der Waals surface area (Å²) < 4.78 is 10.6. The highest BCUT2D eigenvalue weighted by atomic mass is 16.7. The largest absolute Gasteiger partial charge is 0.506 e. The number of carbonyl (C=O) groups excluding carboxylic acids is 1. The molecule has 0 saturated carbocycles. The number of ether oxygens (including phenoxy) is 2. The van der Waals surface area contributed by atoms with Gasteiger partial charge in [-0.15, -0.1) is 0 Å². The van der Waals surface area contributed by atoms with Gasteiger partial charge in [0.05, 0.1) is 6.04 Å². The second-order valence-corrected chi connectivity index (χ2v) is 8.38. The smallest absolute Gasteiger partial charge is 0.450 e. The summed E-state index contributed by atoms with van der Waals surface area (Å²) in [6.45, 7) is 6.08. The fourth-order valence-electron chi connectivity index (χ4n) is 4.87. The molecule has 0 aromatic carbocycles. The lowest BCUT2D eigenvalue weighted by Gasteiger charge is -2.39. The zero-order valence-corrected chi connectivity index (χ0v) is 17.4. The molecule has 4 rings (SSSR count). The molecule has 4 heterocycles. The number of rotatable bonds is 5. The molecule has 164 valence electrons. The summed E-state index contributed by atoms with van der Waals surface area (Å²) in [7, 11) is 0. The molecular weight excluding hydrogens is 388 g/mol. The number of cyclic esters (lactones) is 1. The molecule has 3 fully saturated rings. The molecule has 2 atom stereocenters. The van der Waals surface area contributed by atoms with Gasteiger partial charge in [-0.2, -0.15) is 0 Å². The maximum Gasteiger partial charge on any atom is 0.506 e. The van der Waals surface area contributed by atoms with Gasteiger partial charge < -0.3 is 19.5 Å². The van der Waals surface area contributed by atoms with E-state index in [1.54, 1.807) is 0 Å². The van der Waals surface area contributed by atoms with Crippen molar-refractivity contribution in [2.75, 3.05) is 37.6 Å². The zero-order valence-electron chi connectivity index (χ0n) is 17.4. The topological polar surface area (TPSA) is 95.4 Å². The third-order valence-corrected chi connectivity index (χ3v) is 6.57. The van der Waals surface area contributed by atoms with E-state index in [1.165, 1.54) is 5.69 Å². The highest BCUT2D eigenvalue weighted by Crippen LogP contribution is 2.29. The molecule has 9 nitrogen and oxygen atoms in total. The number of aromatic nitrogens is 1. The van der Waals surface area contributed by atoms with E-state index in [0.29, 0.717) is 19.4 Å². The van der Waals surface area contributed by atoms with E-state index in [-0.39, 0.29) is 30.4 Å². The SMILES string of the molecule is CC1C(CN2CCC(OC(=O)O)CC2)OC(=O)N1C1CCN(c2ccncc2)CC1. The number of piperidine rings is 2. The van der Waals surface area contributed by atoms with E-state index in [0.717, 1.165) is 39.0 Å². The monoisotopic (exact) mass is 418 g/mol. The minimum Gasteiger partial charge on any atom is -0.450 e. The van der Waals surface area contributed by atoms with Crippen molar-refractivity contribution < 1.29 is 24.2 Å². The Morgan fingerprint density at radius 2 is 1.83 bits per heavy atom. The summed E-state index contributed by atoms with van der Waals surface area (Å²) in [5, 5.41) is 8.75. The summed E-state index contributed by atoms with van der Waals surface area (Å²) in [6, 6.07) is 4.27. The van der Waals surface area contributed by atoms with E-state index < -0.39 is 6.16 Å². The number of hydrogen-bond acceptors (Lipinski definition) is 7. The van der Waals surface area contributed by atoms with Crippen molar-refractivity contribution >= 4 is 17.9 Å². The van der Waals surface area contributed by atoms with Crippen LogP contribution in [0.25, 0.3) is 0 Å². The molecule has 3 saturated heterocycles. The van der Waals surface area contributed by atoms with Crippen LogP contribution < -0.4 is 4.90 Å². The molecule has 0 radical (unpaired) electrons. The first kappa shape index (κ1) is 20.7. The summed E-state index contributed by atoms with van der Waals surface area (Å²) in [4.78, 5) is 33.9. The van der Waals surface area contributed by atoms with Crippen LogP contribution in [0, 0.1) is 0 Å². The molecule has 0 bridgehead atoms. The van der Waals surface area contributed by atoms with E-state index in [2.05, 4.69) is 21.7 Å². The molecule has 9 heteroatoms. The van der Waals surface area contributed by atoms with Crippen LogP contribution in [0.4, 0.5) is 15.3 Å². The van der Waals surface area contributed by atoms with Crippen molar-refractivity contribution in [1.82, 2.24) is 14.8 Å². The predicted octanol–water partition coefficient (Wildman–Crippen LogP) is 2.42. The number of carboxylic acid groups (broad SMARTS) is 1. The molecule has 3 aliphatic heterocycles. The summed E-state index contributed by atoms with van der Waals surface area (Å²) in [5.74, 6) is 0. The highest BCUT2D eigenvalue weighted by Gasteiger charge is 2.44. The number of pyridine rings is 1. The van der Waals surface area contributed by atoms with Gasteiger partial charge in [-0.3, -0.25) is 14.8 Å². The van der Waals surface area contributed by atoms with E-state index in [4.69, 9.17) is 14.6 Å². The highest BCUT2D eigenvalue weighted by molar-refractivity contribution is 5.71. The average Bonchev–Trinajstić information content (AvgIpc) is 3.03. The second-order valence-electron chi connectivity index (χ2n) is 8.38. The van der Waals surface area contributed by atoms with Crippen LogP contribution in [0.2, 0.25) is 0 Å². The lowest BCUT2D eigenvalue weighted by Crippen LogP contribution is -2.50. The molecular formula is C21H30N4O5. The Morgan fingerprint density at radius 3 is 2.47 bits per heavy atom. The molecule has 0 spiro atoms.